The molecule has 1 aliphatic rings. The summed E-state index contributed by atoms with van der Waals surface area (Å²) in [5, 5.41) is 42.6. The first-order chi connectivity index (χ1) is 29.4. The Morgan fingerprint density at radius 2 is 1.39 bits per heavy atom. The SMILES string of the molecule is CCN(CC)CN(C)C(C)c1nnc(Cn2c(SCc3ccc(F)cc3)nc(=O)c3c2CCC3)n1Cc1ccc(-c2ccc(C(F)(F)F)cc2)cc1.O=C(O)C(O)C(O)C(=O)O. The molecule has 0 aliphatic heterocycles. The molecule has 3 aromatic carbocycles. The van der Waals surface area contributed by atoms with Gasteiger partial charge in [-0.25, -0.2) is 14.0 Å². The molecule has 0 saturated carbocycles. The van der Waals surface area contributed by atoms with E-state index >= 15 is 0 Å². The van der Waals surface area contributed by atoms with E-state index in [4.69, 9.17) is 30.6 Å². The lowest BCUT2D eigenvalue weighted by molar-refractivity contribution is -0.165. The number of hydrogen-bond acceptors (Lipinski definition) is 11. The zero-order valence-corrected chi connectivity index (χ0v) is 35.4. The van der Waals surface area contributed by atoms with Gasteiger partial charge >= 0.3 is 18.1 Å². The zero-order chi connectivity index (χ0) is 45.3. The Labute approximate surface area is 359 Å². The van der Waals surface area contributed by atoms with Gasteiger partial charge in [0.1, 0.15) is 5.82 Å². The van der Waals surface area contributed by atoms with Crippen LogP contribution in [0.15, 0.2) is 82.7 Å². The van der Waals surface area contributed by atoms with Crippen LogP contribution in [0, 0.1) is 5.82 Å². The van der Waals surface area contributed by atoms with Crippen LogP contribution in [0.25, 0.3) is 11.1 Å². The normalized spacial score (nSPS) is 14.0. The van der Waals surface area contributed by atoms with Crippen LogP contribution in [0.1, 0.15) is 72.8 Å². The van der Waals surface area contributed by atoms with E-state index in [0.717, 1.165) is 78.5 Å². The van der Waals surface area contributed by atoms with Crippen LogP contribution in [0.3, 0.4) is 0 Å². The van der Waals surface area contributed by atoms with Crippen molar-refractivity contribution in [2.75, 3.05) is 26.8 Å². The number of aliphatic carboxylic acids is 2. The lowest BCUT2D eigenvalue weighted by atomic mass is 10.0. The third kappa shape index (κ3) is 11.9. The van der Waals surface area contributed by atoms with Crippen molar-refractivity contribution in [3.05, 3.63) is 129 Å². The number of carboxylic acid groups (broad SMARTS) is 2. The van der Waals surface area contributed by atoms with Crippen LogP contribution in [0.2, 0.25) is 0 Å². The molecule has 3 atom stereocenters. The van der Waals surface area contributed by atoms with E-state index in [2.05, 4.69) is 51.7 Å². The van der Waals surface area contributed by atoms with Gasteiger partial charge < -0.3 is 29.6 Å². The Kier molecular flexibility index (Phi) is 16.2. The van der Waals surface area contributed by atoms with Crippen molar-refractivity contribution >= 4 is 23.7 Å². The summed E-state index contributed by atoms with van der Waals surface area (Å²) >= 11 is 1.44. The predicted molar refractivity (Wildman–Crippen MR) is 223 cm³/mol. The van der Waals surface area contributed by atoms with Crippen molar-refractivity contribution in [1.82, 2.24) is 34.1 Å². The van der Waals surface area contributed by atoms with E-state index in [1.807, 2.05) is 24.3 Å². The summed E-state index contributed by atoms with van der Waals surface area (Å²) in [7, 11) is 2.07. The van der Waals surface area contributed by atoms with Crippen molar-refractivity contribution in [2.45, 2.75) is 88.5 Å². The van der Waals surface area contributed by atoms with Gasteiger partial charge in [-0.05, 0) is 92.8 Å². The average molecular weight is 884 g/mol. The van der Waals surface area contributed by atoms with Gasteiger partial charge in [-0.2, -0.15) is 18.2 Å². The molecule has 0 fully saturated rings. The number of fused-ring (bicyclic) bond motifs is 1. The molecule has 1 aliphatic carbocycles. The molecule has 6 rings (SSSR count). The molecule has 19 heteroatoms. The summed E-state index contributed by atoms with van der Waals surface area (Å²) in [6.45, 7) is 9.79. The average Bonchev–Trinajstić information content (AvgIpc) is 3.91. The summed E-state index contributed by atoms with van der Waals surface area (Å²) in [6, 6.07) is 19.2. The zero-order valence-electron chi connectivity index (χ0n) is 34.6. The third-order valence-corrected chi connectivity index (χ3v) is 11.7. The number of rotatable bonds is 17. The lowest BCUT2D eigenvalue weighted by Crippen LogP contribution is -2.39. The highest BCUT2D eigenvalue weighted by Crippen LogP contribution is 2.32. The first kappa shape index (κ1) is 47.6. The van der Waals surface area contributed by atoms with Crippen LogP contribution in [0.5, 0.6) is 0 Å². The maximum atomic E-state index is 13.6. The number of aliphatic hydroxyl groups excluding tert-OH is 2. The van der Waals surface area contributed by atoms with Gasteiger partial charge in [0.2, 0.25) is 0 Å². The van der Waals surface area contributed by atoms with E-state index in [-0.39, 0.29) is 17.4 Å². The maximum absolute atomic E-state index is 13.6. The minimum atomic E-state index is -4.39. The second kappa shape index (κ2) is 21.1. The van der Waals surface area contributed by atoms with Gasteiger partial charge in [0.25, 0.3) is 5.56 Å². The van der Waals surface area contributed by atoms with Gasteiger partial charge in [-0.15, -0.1) is 10.2 Å². The van der Waals surface area contributed by atoms with Crippen LogP contribution >= 0.6 is 11.8 Å². The van der Waals surface area contributed by atoms with Gasteiger partial charge in [0.15, 0.2) is 29.0 Å². The molecule has 5 aromatic rings. The molecule has 0 saturated heterocycles. The Balaban J connectivity index is 0.000000646. The number of halogens is 4. The number of aliphatic hydroxyl groups is 2. The smallest absolute Gasteiger partial charge is 0.416 e. The summed E-state index contributed by atoms with van der Waals surface area (Å²) in [5.74, 6) is -1.81. The van der Waals surface area contributed by atoms with Crippen LogP contribution in [0.4, 0.5) is 17.6 Å². The number of benzene rings is 3. The van der Waals surface area contributed by atoms with Crippen LogP contribution < -0.4 is 5.56 Å². The predicted octanol–water partition coefficient (Wildman–Crippen LogP) is 5.71. The molecule has 0 amide bonds. The minimum Gasteiger partial charge on any atom is -0.479 e. The Morgan fingerprint density at radius 3 is 1.94 bits per heavy atom. The lowest BCUT2D eigenvalue weighted by Gasteiger charge is -2.30. The van der Waals surface area contributed by atoms with E-state index in [1.165, 1.54) is 36.0 Å². The highest BCUT2D eigenvalue weighted by Gasteiger charge is 2.31. The highest BCUT2D eigenvalue weighted by atomic mass is 32.2. The van der Waals surface area contributed by atoms with Crippen molar-refractivity contribution in [3.8, 4) is 11.1 Å². The number of carbonyl (C=O) groups is 2. The molecule has 2 heterocycles. The Bertz CT molecular complexity index is 2340. The number of nitrogens with zero attached hydrogens (tertiary/aromatic N) is 7. The summed E-state index contributed by atoms with van der Waals surface area (Å²) in [4.78, 5) is 41.8. The fourth-order valence-corrected chi connectivity index (χ4v) is 7.81. The van der Waals surface area contributed by atoms with E-state index < -0.39 is 35.9 Å². The van der Waals surface area contributed by atoms with Crippen LogP contribution in [-0.4, -0.2) is 105 Å². The first-order valence-electron chi connectivity index (χ1n) is 19.8. The van der Waals surface area contributed by atoms with E-state index in [0.29, 0.717) is 41.8 Å². The fourth-order valence-electron chi connectivity index (χ4n) is 6.84. The summed E-state index contributed by atoms with van der Waals surface area (Å²) < 4.78 is 57.2. The standard InChI is InChI=1S/C39H43F4N7OS.C4H6O6/c1-5-48(6-2)25-47(4)26(3)36-46-45-35(50(36)22-27-10-14-29(15-11-27)30-16-18-31(19-17-30)39(41,42)43)23-49-34-9-7-8-33(34)37(51)44-38(49)52-24-28-12-20-32(40)21-13-28;5-1(3(7)8)2(6)4(9)10/h10-21,26H,5-9,22-25H2,1-4H3;1-2,5-6H,(H,7,8)(H,9,10). The monoisotopic (exact) mass is 883 g/mol. The summed E-state index contributed by atoms with van der Waals surface area (Å²) in [5.41, 5.74) is 4.23. The molecule has 3 unspecified atom stereocenters. The van der Waals surface area contributed by atoms with E-state index in [1.54, 1.807) is 12.1 Å². The first-order valence-corrected chi connectivity index (χ1v) is 20.8. The molecule has 0 spiro atoms. The molecule has 14 nitrogen and oxygen atoms in total. The topological polar surface area (TPSA) is 187 Å². The van der Waals surface area contributed by atoms with Crippen molar-refractivity contribution in [1.29, 1.82) is 0 Å². The molecular formula is C43H49F4N7O7S. The molecule has 62 heavy (non-hydrogen) atoms. The molecule has 2 aromatic heterocycles. The second-order valence-corrected chi connectivity index (χ2v) is 15.7. The molecule has 332 valence electrons. The van der Waals surface area contributed by atoms with Gasteiger partial charge in [-0.1, -0.05) is 74.1 Å². The minimum absolute atomic E-state index is 0.0848. The second-order valence-electron chi connectivity index (χ2n) is 14.8. The van der Waals surface area contributed by atoms with Crippen molar-refractivity contribution < 1.29 is 47.6 Å². The molecular weight excluding hydrogens is 835 g/mol. The summed E-state index contributed by atoms with van der Waals surface area (Å²) in [6.07, 6.45) is -6.61. The number of thioether (sulfide) groups is 1. The van der Waals surface area contributed by atoms with Crippen molar-refractivity contribution in [3.63, 3.8) is 0 Å². The van der Waals surface area contributed by atoms with Gasteiger partial charge in [0.05, 0.1) is 31.4 Å². The van der Waals surface area contributed by atoms with Gasteiger partial charge in [0, 0.05) is 17.0 Å². The van der Waals surface area contributed by atoms with Crippen molar-refractivity contribution in [2.24, 2.45) is 0 Å². The molecule has 4 N–H and O–H groups in total. The number of aromatic nitrogens is 5. The Hall–Kier alpha value is -5.47. The van der Waals surface area contributed by atoms with Crippen LogP contribution in [-0.2, 0) is 47.4 Å². The third-order valence-electron chi connectivity index (χ3n) is 10.6. The quantitative estimate of drug-likeness (QED) is 0.0386. The molecule has 0 bridgehead atoms. The van der Waals surface area contributed by atoms with E-state index in [9.17, 15) is 31.9 Å². The Morgan fingerprint density at radius 1 is 0.823 bits per heavy atom. The van der Waals surface area contributed by atoms with Gasteiger partial charge in [-0.3, -0.25) is 14.6 Å². The number of hydrogen-bond donors (Lipinski definition) is 4. The molecule has 0 radical (unpaired) electrons. The highest BCUT2D eigenvalue weighted by molar-refractivity contribution is 7.98. The maximum Gasteiger partial charge on any atom is 0.416 e. The largest absolute Gasteiger partial charge is 0.479 e. The number of carboxylic acids is 2. The fraction of sp³-hybridized carbons (Fsp3) is 0.395. The number of alkyl halides is 3.